The first-order valence-electron chi connectivity index (χ1n) is 9.50. The van der Waals surface area contributed by atoms with Crippen molar-refractivity contribution in [1.82, 2.24) is 15.1 Å². The van der Waals surface area contributed by atoms with Gasteiger partial charge in [0.25, 0.3) is 11.5 Å². The highest BCUT2D eigenvalue weighted by Crippen LogP contribution is 2.29. The number of nitrogens with zero attached hydrogens (tertiary/aromatic N) is 3. The molecule has 0 saturated carbocycles. The minimum absolute atomic E-state index is 0.173. The molecule has 1 amide bonds. The van der Waals surface area contributed by atoms with Gasteiger partial charge in [0, 0.05) is 25.7 Å². The molecule has 3 aromatic rings. The molecule has 0 unspecified atom stereocenters. The van der Waals surface area contributed by atoms with E-state index in [1.54, 1.807) is 25.1 Å². The van der Waals surface area contributed by atoms with Gasteiger partial charge in [0.1, 0.15) is 11.4 Å². The summed E-state index contributed by atoms with van der Waals surface area (Å²) in [5.74, 6) is -1.22. The summed E-state index contributed by atoms with van der Waals surface area (Å²) in [6.45, 7) is 1.31. The molecular formula is C22H22ClFN4O3. The monoisotopic (exact) mass is 444 g/mol. The number of nitrogens with one attached hydrogen (secondary N) is 1. The van der Waals surface area contributed by atoms with Crippen molar-refractivity contribution < 1.29 is 14.3 Å². The lowest BCUT2D eigenvalue weighted by atomic mass is 10.1. The maximum atomic E-state index is 13.8. The lowest BCUT2D eigenvalue weighted by molar-refractivity contribution is 0.0920. The Morgan fingerprint density at radius 3 is 2.61 bits per heavy atom. The molecule has 2 N–H and O–H groups in total. The molecule has 0 spiro atoms. The standard InChI is InChI=1S/C22H22ClFN4O3/c1-13(12-29)25-21(30)17-11-19(14-7-8-20(27(2)3)18(23)9-14)26-28(22(17)31)16-6-4-5-15(24)10-16/h4-11,13,29H,12H2,1-3H3,(H,25,30)/t13-/m0/s1. The van der Waals surface area contributed by atoms with E-state index in [0.29, 0.717) is 16.3 Å². The molecule has 3 rings (SSSR count). The Bertz CT molecular complexity index is 1180. The first-order chi connectivity index (χ1) is 14.7. The van der Waals surface area contributed by atoms with Crippen molar-refractivity contribution in [2.75, 3.05) is 25.6 Å². The third-order valence-corrected chi connectivity index (χ3v) is 4.89. The topological polar surface area (TPSA) is 87.5 Å². The summed E-state index contributed by atoms with van der Waals surface area (Å²) in [7, 11) is 3.71. The smallest absolute Gasteiger partial charge is 0.284 e. The van der Waals surface area contributed by atoms with Crippen LogP contribution in [0, 0.1) is 5.82 Å². The van der Waals surface area contributed by atoms with E-state index in [9.17, 15) is 19.1 Å². The molecule has 0 saturated heterocycles. The Hall–Kier alpha value is -3.23. The van der Waals surface area contributed by atoms with Crippen molar-refractivity contribution in [2.45, 2.75) is 13.0 Å². The fourth-order valence-electron chi connectivity index (χ4n) is 2.96. The van der Waals surface area contributed by atoms with E-state index in [0.717, 1.165) is 16.4 Å². The normalized spacial score (nSPS) is 11.8. The molecule has 9 heteroatoms. The highest BCUT2D eigenvalue weighted by molar-refractivity contribution is 6.33. The van der Waals surface area contributed by atoms with Crippen LogP contribution in [0.2, 0.25) is 5.02 Å². The second kappa shape index (κ2) is 9.28. The number of aliphatic hydroxyl groups excluding tert-OH is 1. The molecule has 1 aromatic heterocycles. The first kappa shape index (κ1) is 22.5. The van der Waals surface area contributed by atoms with Crippen molar-refractivity contribution in [3.05, 3.63) is 75.3 Å². The number of carbonyl (C=O) groups is 1. The van der Waals surface area contributed by atoms with Crippen LogP contribution in [0.5, 0.6) is 0 Å². The molecule has 1 atom stereocenters. The fraction of sp³-hybridized carbons (Fsp3) is 0.227. The molecule has 0 fully saturated rings. The minimum Gasteiger partial charge on any atom is -0.394 e. The van der Waals surface area contributed by atoms with Gasteiger partial charge in [-0.05, 0) is 43.3 Å². The van der Waals surface area contributed by atoms with Crippen LogP contribution in [0.4, 0.5) is 10.1 Å². The van der Waals surface area contributed by atoms with Crippen LogP contribution in [0.15, 0.2) is 53.3 Å². The van der Waals surface area contributed by atoms with Gasteiger partial charge in [0.2, 0.25) is 0 Å². The van der Waals surface area contributed by atoms with Crippen LogP contribution in [0.3, 0.4) is 0 Å². The van der Waals surface area contributed by atoms with Crippen LogP contribution in [-0.4, -0.2) is 47.5 Å². The predicted octanol–water partition coefficient (Wildman–Crippen LogP) is 2.87. The summed E-state index contributed by atoms with van der Waals surface area (Å²) < 4.78 is 14.8. The summed E-state index contributed by atoms with van der Waals surface area (Å²) in [6.07, 6.45) is 0. The van der Waals surface area contributed by atoms with Crippen LogP contribution < -0.4 is 15.8 Å². The molecule has 1 heterocycles. The number of amides is 1. The van der Waals surface area contributed by atoms with Crippen molar-refractivity contribution >= 4 is 23.2 Å². The number of aromatic nitrogens is 2. The number of carbonyl (C=O) groups excluding carboxylic acids is 1. The molecule has 2 aromatic carbocycles. The molecule has 7 nitrogen and oxygen atoms in total. The molecule has 0 aliphatic carbocycles. The SMILES string of the molecule is C[C@@H](CO)NC(=O)c1cc(-c2ccc(N(C)C)c(Cl)c2)nn(-c2cccc(F)c2)c1=O. The molecule has 0 bridgehead atoms. The van der Waals surface area contributed by atoms with Crippen LogP contribution in [0.1, 0.15) is 17.3 Å². The van der Waals surface area contributed by atoms with E-state index < -0.39 is 23.3 Å². The zero-order valence-corrected chi connectivity index (χ0v) is 18.0. The number of anilines is 1. The van der Waals surface area contributed by atoms with Gasteiger partial charge in [-0.15, -0.1) is 0 Å². The van der Waals surface area contributed by atoms with Gasteiger partial charge in [-0.25, -0.2) is 4.39 Å². The molecule has 162 valence electrons. The van der Waals surface area contributed by atoms with Crippen molar-refractivity contribution in [3.63, 3.8) is 0 Å². The number of halogens is 2. The Labute approximate surface area is 183 Å². The number of benzene rings is 2. The van der Waals surface area contributed by atoms with Crippen LogP contribution in [0.25, 0.3) is 16.9 Å². The van der Waals surface area contributed by atoms with E-state index in [4.69, 9.17) is 11.6 Å². The highest BCUT2D eigenvalue weighted by atomic mass is 35.5. The van der Waals surface area contributed by atoms with E-state index in [1.807, 2.05) is 19.0 Å². The van der Waals surface area contributed by atoms with E-state index in [1.165, 1.54) is 24.3 Å². The number of hydrogen-bond donors (Lipinski definition) is 2. The molecule has 0 radical (unpaired) electrons. The molecular weight excluding hydrogens is 423 g/mol. The predicted molar refractivity (Wildman–Crippen MR) is 119 cm³/mol. The fourth-order valence-corrected chi connectivity index (χ4v) is 3.31. The number of rotatable bonds is 6. The van der Waals surface area contributed by atoms with Gasteiger partial charge in [-0.3, -0.25) is 9.59 Å². The van der Waals surface area contributed by atoms with Crippen molar-refractivity contribution in [1.29, 1.82) is 0 Å². The quantitative estimate of drug-likeness (QED) is 0.610. The highest BCUT2D eigenvalue weighted by Gasteiger charge is 2.19. The zero-order valence-electron chi connectivity index (χ0n) is 17.3. The Morgan fingerprint density at radius 1 is 1.26 bits per heavy atom. The van der Waals surface area contributed by atoms with Gasteiger partial charge in [0.15, 0.2) is 0 Å². The third kappa shape index (κ3) is 4.92. The Morgan fingerprint density at radius 2 is 2.00 bits per heavy atom. The largest absolute Gasteiger partial charge is 0.394 e. The maximum absolute atomic E-state index is 13.8. The molecule has 31 heavy (non-hydrogen) atoms. The van der Waals surface area contributed by atoms with Crippen LogP contribution >= 0.6 is 11.6 Å². The van der Waals surface area contributed by atoms with Gasteiger partial charge < -0.3 is 15.3 Å². The van der Waals surface area contributed by atoms with Gasteiger partial charge in [0.05, 0.1) is 28.7 Å². The number of aliphatic hydroxyl groups is 1. The van der Waals surface area contributed by atoms with Gasteiger partial charge in [-0.1, -0.05) is 23.7 Å². The molecule has 0 aliphatic rings. The Balaban J connectivity index is 2.21. The summed E-state index contributed by atoms with van der Waals surface area (Å²) in [5, 5.41) is 16.6. The second-order valence-electron chi connectivity index (χ2n) is 7.26. The second-order valence-corrected chi connectivity index (χ2v) is 7.66. The van der Waals surface area contributed by atoms with Crippen LogP contribution in [-0.2, 0) is 0 Å². The zero-order chi connectivity index (χ0) is 22.7. The average Bonchev–Trinajstić information content (AvgIpc) is 2.73. The third-order valence-electron chi connectivity index (χ3n) is 4.59. The summed E-state index contributed by atoms with van der Waals surface area (Å²) in [4.78, 5) is 27.6. The maximum Gasteiger partial charge on any atom is 0.284 e. The average molecular weight is 445 g/mol. The van der Waals surface area contributed by atoms with Gasteiger partial charge >= 0.3 is 0 Å². The van der Waals surface area contributed by atoms with Crippen molar-refractivity contribution in [2.24, 2.45) is 0 Å². The number of hydrogen-bond acceptors (Lipinski definition) is 5. The Kier molecular flexibility index (Phi) is 6.72. The summed E-state index contributed by atoms with van der Waals surface area (Å²) in [5.41, 5.74) is 0.934. The van der Waals surface area contributed by atoms with E-state index >= 15 is 0 Å². The minimum atomic E-state index is -0.715. The van der Waals surface area contributed by atoms with Gasteiger partial charge in [-0.2, -0.15) is 9.78 Å². The van der Waals surface area contributed by atoms with E-state index in [-0.39, 0.29) is 17.9 Å². The van der Waals surface area contributed by atoms with E-state index in [2.05, 4.69) is 10.4 Å². The summed E-state index contributed by atoms with van der Waals surface area (Å²) in [6, 6.07) is 11.4. The lowest BCUT2D eigenvalue weighted by Crippen LogP contribution is -2.39. The molecule has 0 aliphatic heterocycles. The van der Waals surface area contributed by atoms with Crippen molar-refractivity contribution in [3.8, 4) is 16.9 Å². The summed E-state index contributed by atoms with van der Waals surface area (Å²) >= 11 is 6.38. The first-order valence-corrected chi connectivity index (χ1v) is 9.88. The lowest BCUT2D eigenvalue weighted by Gasteiger charge is -2.16.